The van der Waals surface area contributed by atoms with Crippen molar-refractivity contribution in [2.75, 3.05) is 5.32 Å². The van der Waals surface area contributed by atoms with Crippen molar-refractivity contribution in [2.45, 2.75) is 19.6 Å². The Morgan fingerprint density at radius 2 is 1.70 bits per heavy atom. The van der Waals surface area contributed by atoms with E-state index in [1.165, 1.54) is 26.0 Å². The van der Waals surface area contributed by atoms with Crippen molar-refractivity contribution < 1.29 is 29.1 Å². The highest BCUT2D eigenvalue weighted by Gasteiger charge is 2.39. The van der Waals surface area contributed by atoms with Gasteiger partial charge in [-0.05, 0) is 12.1 Å². The van der Waals surface area contributed by atoms with E-state index in [2.05, 4.69) is 5.32 Å². The number of carbonyl (C=O) groups is 2. The molecule has 23 heavy (non-hydrogen) atoms. The van der Waals surface area contributed by atoms with Crippen molar-refractivity contribution in [1.29, 1.82) is 0 Å². The normalized spacial score (nSPS) is 16.5. The third-order valence-electron chi connectivity index (χ3n) is 2.85. The average molecular weight is 360 g/mol. The Labute approximate surface area is 141 Å². The smallest absolute Gasteiger partial charge is 0.423 e. The molecule has 0 saturated carbocycles. The molecule has 3 N–H and O–H groups in total. The fourth-order valence-electron chi connectivity index (χ4n) is 1.80. The summed E-state index contributed by atoms with van der Waals surface area (Å²) >= 11 is 11.8. The molecule has 0 aromatic heterocycles. The number of hydrogen-bond donors (Lipinski definition) is 3. The van der Waals surface area contributed by atoms with E-state index >= 15 is 0 Å². The molecule has 1 aromatic rings. The van der Waals surface area contributed by atoms with Gasteiger partial charge >= 0.3 is 19.1 Å². The molecule has 1 aliphatic heterocycles. The fourth-order valence-corrected chi connectivity index (χ4v) is 2.34. The van der Waals surface area contributed by atoms with Gasteiger partial charge in [0.15, 0.2) is 5.57 Å². The van der Waals surface area contributed by atoms with Crippen LogP contribution in [0.1, 0.15) is 13.8 Å². The molecule has 122 valence electrons. The zero-order chi connectivity index (χ0) is 17.4. The SMILES string of the molecule is CC1(C)OC(=O)C(=CNc2cc(B(O)O)c(Cl)cc2Cl)C(=O)O1. The Hall–Kier alpha value is -1.74. The first-order valence-corrected chi connectivity index (χ1v) is 7.15. The quantitative estimate of drug-likeness (QED) is 0.317. The zero-order valence-electron chi connectivity index (χ0n) is 12.1. The number of ether oxygens (including phenoxy) is 2. The molecule has 1 heterocycles. The standard InChI is InChI=1S/C13H12BCl2NO6/c1-13(2)22-11(18)6(12(19)23-13)5-17-10-3-7(14(20)21)8(15)4-9(10)16/h3-5,17,20-21H,1-2H3. The Bertz CT molecular complexity index is 682. The lowest BCUT2D eigenvalue weighted by Crippen LogP contribution is -2.42. The lowest BCUT2D eigenvalue weighted by molar-refractivity contribution is -0.222. The minimum Gasteiger partial charge on any atom is -0.423 e. The summed E-state index contributed by atoms with van der Waals surface area (Å²) in [4.78, 5) is 23.6. The van der Waals surface area contributed by atoms with Crippen LogP contribution in [0.3, 0.4) is 0 Å². The summed E-state index contributed by atoms with van der Waals surface area (Å²) in [6, 6.07) is 2.56. The van der Waals surface area contributed by atoms with Crippen LogP contribution in [-0.2, 0) is 19.1 Å². The molecule has 2 rings (SSSR count). The van der Waals surface area contributed by atoms with Crippen molar-refractivity contribution in [3.05, 3.63) is 34.0 Å². The second-order valence-corrected chi connectivity index (χ2v) is 5.92. The van der Waals surface area contributed by atoms with Gasteiger partial charge in [-0.2, -0.15) is 0 Å². The highest BCUT2D eigenvalue weighted by atomic mass is 35.5. The topological polar surface area (TPSA) is 105 Å². The molecule has 1 aromatic carbocycles. The summed E-state index contributed by atoms with van der Waals surface area (Å²) < 4.78 is 9.86. The maximum Gasteiger partial charge on any atom is 0.490 e. The number of carbonyl (C=O) groups excluding carboxylic acids is 2. The summed E-state index contributed by atoms with van der Waals surface area (Å²) in [6.45, 7) is 2.86. The summed E-state index contributed by atoms with van der Waals surface area (Å²) in [5, 5.41) is 21.3. The minimum absolute atomic E-state index is 0.00639. The van der Waals surface area contributed by atoms with E-state index in [4.69, 9.17) is 32.7 Å². The molecule has 0 unspecified atom stereocenters. The van der Waals surface area contributed by atoms with Crippen LogP contribution in [0.2, 0.25) is 10.0 Å². The number of cyclic esters (lactones) is 2. The van der Waals surface area contributed by atoms with E-state index in [0.717, 1.165) is 6.20 Å². The third kappa shape index (κ3) is 3.97. The molecule has 0 amide bonds. The van der Waals surface area contributed by atoms with E-state index in [1.807, 2.05) is 0 Å². The molecule has 1 fully saturated rings. The molecule has 10 heteroatoms. The van der Waals surface area contributed by atoms with Crippen LogP contribution in [0.15, 0.2) is 23.9 Å². The van der Waals surface area contributed by atoms with Crippen LogP contribution in [0, 0.1) is 0 Å². The van der Waals surface area contributed by atoms with Gasteiger partial charge in [0.2, 0.25) is 0 Å². The Balaban J connectivity index is 2.28. The van der Waals surface area contributed by atoms with Gasteiger partial charge in [0.05, 0.1) is 10.7 Å². The number of nitrogens with one attached hydrogen (secondary N) is 1. The average Bonchev–Trinajstić information content (AvgIpc) is 2.37. The highest BCUT2D eigenvalue weighted by Crippen LogP contribution is 2.26. The van der Waals surface area contributed by atoms with Crippen molar-refractivity contribution in [3.8, 4) is 0 Å². The second-order valence-electron chi connectivity index (χ2n) is 5.11. The van der Waals surface area contributed by atoms with Crippen molar-refractivity contribution in [1.82, 2.24) is 0 Å². The van der Waals surface area contributed by atoms with Gasteiger partial charge in [-0.3, -0.25) is 0 Å². The van der Waals surface area contributed by atoms with Gasteiger partial charge in [-0.1, -0.05) is 23.2 Å². The zero-order valence-corrected chi connectivity index (χ0v) is 13.6. The molecule has 0 bridgehead atoms. The summed E-state index contributed by atoms with van der Waals surface area (Å²) in [6.07, 6.45) is 1.06. The van der Waals surface area contributed by atoms with E-state index in [9.17, 15) is 19.6 Å². The first-order valence-electron chi connectivity index (χ1n) is 6.39. The Morgan fingerprint density at radius 1 is 1.13 bits per heavy atom. The Kier molecular flexibility index (Phi) is 4.91. The lowest BCUT2D eigenvalue weighted by Gasteiger charge is -2.29. The molecule has 1 saturated heterocycles. The maximum atomic E-state index is 11.8. The van der Waals surface area contributed by atoms with Gasteiger partial charge in [0.1, 0.15) is 0 Å². The van der Waals surface area contributed by atoms with Crippen LogP contribution >= 0.6 is 23.2 Å². The molecular weight excluding hydrogens is 348 g/mol. The van der Waals surface area contributed by atoms with Gasteiger partial charge in [-0.25, -0.2) is 9.59 Å². The first-order chi connectivity index (χ1) is 10.6. The van der Waals surface area contributed by atoms with Gasteiger partial charge in [-0.15, -0.1) is 0 Å². The predicted octanol–water partition coefficient (Wildman–Crippen LogP) is 0.805. The van der Waals surface area contributed by atoms with Crippen LogP contribution in [0.25, 0.3) is 0 Å². The van der Waals surface area contributed by atoms with E-state index in [1.54, 1.807) is 0 Å². The maximum absolute atomic E-state index is 11.8. The molecule has 0 aliphatic carbocycles. The fraction of sp³-hybridized carbons (Fsp3) is 0.231. The summed E-state index contributed by atoms with van der Waals surface area (Å²) in [5.41, 5.74) is -0.148. The van der Waals surface area contributed by atoms with E-state index in [-0.39, 0.29) is 26.8 Å². The number of hydrogen-bond acceptors (Lipinski definition) is 7. The van der Waals surface area contributed by atoms with E-state index < -0.39 is 24.8 Å². The highest BCUT2D eigenvalue weighted by molar-refractivity contribution is 6.63. The summed E-state index contributed by atoms with van der Waals surface area (Å²) in [5.74, 6) is -3.05. The Morgan fingerprint density at radius 3 is 2.22 bits per heavy atom. The molecule has 7 nitrogen and oxygen atoms in total. The van der Waals surface area contributed by atoms with Gasteiger partial charge < -0.3 is 24.8 Å². The molecule has 0 radical (unpaired) electrons. The molecular formula is C13H12BCl2NO6. The monoisotopic (exact) mass is 359 g/mol. The number of anilines is 1. The lowest BCUT2D eigenvalue weighted by atomic mass is 9.80. The van der Waals surface area contributed by atoms with Crippen LogP contribution in [-0.4, -0.2) is 34.9 Å². The second kappa shape index (κ2) is 6.41. The number of halogens is 2. The van der Waals surface area contributed by atoms with Crippen molar-refractivity contribution in [3.63, 3.8) is 0 Å². The molecule has 0 atom stereocenters. The molecule has 0 spiro atoms. The molecule has 1 aliphatic rings. The van der Waals surface area contributed by atoms with Crippen molar-refractivity contribution in [2.24, 2.45) is 0 Å². The predicted molar refractivity (Wildman–Crippen MR) is 84.3 cm³/mol. The third-order valence-corrected chi connectivity index (χ3v) is 3.49. The number of rotatable bonds is 3. The first kappa shape index (κ1) is 17.6. The minimum atomic E-state index is -1.81. The van der Waals surface area contributed by atoms with Crippen LogP contribution in [0.5, 0.6) is 0 Å². The van der Waals surface area contributed by atoms with Gasteiger partial charge in [0, 0.05) is 30.5 Å². The van der Waals surface area contributed by atoms with Gasteiger partial charge in [0.25, 0.3) is 5.79 Å². The van der Waals surface area contributed by atoms with Crippen molar-refractivity contribution >= 4 is 53.4 Å². The van der Waals surface area contributed by atoms with Crippen LogP contribution < -0.4 is 10.8 Å². The largest absolute Gasteiger partial charge is 0.490 e. The summed E-state index contributed by atoms with van der Waals surface area (Å²) in [7, 11) is -1.81. The number of esters is 2. The van der Waals surface area contributed by atoms with E-state index in [0.29, 0.717) is 0 Å². The van der Waals surface area contributed by atoms with Crippen LogP contribution in [0.4, 0.5) is 5.69 Å². The number of benzene rings is 1.